The van der Waals surface area contributed by atoms with Crippen LogP contribution in [0.15, 0.2) is 36.7 Å². The fourth-order valence-corrected chi connectivity index (χ4v) is 3.86. The maximum atomic E-state index is 6.01. The Morgan fingerprint density at radius 2 is 1.48 bits per heavy atom. The van der Waals surface area contributed by atoms with E-state index in [-0.39, 0.29) is 0 Å². The number of hydrogen-bond acceptors (Lipinski definition) is 7. The molecule has 0 atom stereocenters. The van der Waals surface area contributed by atoms with Gasteiger partial charge in [-0.1, -0.05) is 11.6 Å². The molecule has 2 heterocycles. The lowest BCUT2D eigenvalue weighted by molar-refractivity contribution is 0.327. The molecule has 1 aliphatic heterocycles. The number of halogens is 1. The van der Waals surface area contributed by atoms with Gasteiger partial charge in [-0.3, -0.25) is 0 Å². The molecule has 0 radical (unpaired) electrons. The molecule has 1 saturated heterocycles. The highest BCUT2D eigenvalue weighted by Gasteiger charge is 2.24. The minimum absolute atomic E-state index is 0.528. The second kappa shape index (κ2) is 8.21. The van der Waals surface area contributed by atoms with Gasteiger partial charge in [0, 0.05) is 36.9 Å². The molecular formula is C21H23ClN4O3. The van der Waals surface area contributed by atoms with Crippen LogP contribution in [0.3, 0.4) is 0 Å². The third-order valence-electron chi connectivity index (χ3n) is 5.18. The zero-order valence-electron chi connectivity index (χ0n) is 16.7. The van der Waals surface area contributed by atoms with Gasteiger partial charge in [-0.2, -0.15) is 0 Å². The van der Waals surface area contributed by atoms with E-state index in [2.05, 4.69) is 31.9 Å². The molecule has 0 aliphatic carbocycles. The Hall–Kier alpha value is -2.93. The number of rotatable bonds is 5. The van der Waals surface area contributed by atoms with E-state index >= 15 is 0 Å². The summed E-state index contributed by atoms with van der Waals surface area (Å²) in [6, 6.07) is 9.87. The van der Waals surface area contributed by atoms with Crippen molar-refractivity contribution in [3.8, 4) is 17.2 Å². The zero-order chi connectivity index (χ0) is 20.4. The van der Waals surface area contributed by atoms with E-state index in [4.69, 9.17) is 25.8 Å². The maximum absolute atomic E-state index is 6.01. The number of nitrogens with zero attached hydrogens (tertiary/aromatic N) is 4. The number of methoxy groups -OCH3 is 3. The molecule has 4 rings (SSSR count). The predicted octanol–water partition coefficient (Wildman–Crippen LogP) is 3.64. The van der Waals surface area contributed by atoms with Gasteiger partial charge in [-0.15, -0.1) is 0 Å². The van der Waals surface area contributed by atoms with Crippen molar-refractivity contribution in [1.82, 2.24) is 9.97 Å². The lowest BCUT2D eigenvalue weighted by Crippen LogP contribution is -2.46. The van der Waals surface area contributed by atoms with Crippen molar-refractivity contribution < 1.29 is 14.2 Å². The molecule has 2 aromatic carbocycles. The number of ether oxygens (including phenoxy) is 3. The number of aromatic nitrogens is 2. The Kier molecular flexibility index (Phi) is 5.49. The van der Waals surface area contributed by atoms with Gasteiger partial charge in [0.05, 0.1) is 26.7 Å². The third-order valence-corrected chi connectivity index (χ3v) is 5.43. The van der Waals surface area contributed by atoms with Crippen molar-refractivity contribution in [2.75, 3.05) is 57.3 Å². The molecule has 0 spiro atoms. The summed E-state index contributed by atoms with van der Waals surface area (Å²) in [6.45, 7) is 3.45. The molecule has 0 bridgehead atoms. The fourth-order valence-electron chi connectivity index (χ4n) is 3.73. The molecule has 0 amide bonds. The lowest BCUT2D eigenvalue weighted by atomic mass is 10.1. The van der Waals surface area contributed by atoms with E-state index in [1.165, 1.54) is 5.69 Å². The molecule has 3 aromatic rings. The van der Waals surface area contributed by atoms with Crippen LogP contribution in [0.5, 0.6) is 17.2 Å². The maximum Gasteiger partial charge on any atom is 0.205 e. The van der Waals surface area contributed by atoms with Crippen LogP contribution in [0.25, 0.3) is 10.9 Å². The summed E-state index contributed by atoms with van der Waals surface area (Å²) < 4.78 is 16.6. The van der Waals surface area contributed by atoms with E-state index < -0.39 is 0 Å². The number of hydrogen-bond donors (Lipinski definition) is 0. The summed E-state index contributed by atoms with van der Waals surface area (Å²) in [4.78, 5) is 13.6. The monoisotopic (exact) mass is 414 g/mol. The molecule has 0 unspecified atom stereocenters. The van der Waals surface area contributed by atoms with E-state index in [0.29, 0.717) is 22.8 Å². The lowest BCUT2D eigenvalue weighted by Gasteiger charge is -2.37. The van der Waals surface area contributed by atoms with Crippen molar-refractivity contribution in [2.24, 2.45) is 0 Å². The predicted molar refractivity (Wildman–Crippen MR) is 115 cm³/mol. The van der Waals surface area contributed by atoms with Crippen molar-refractivity contribution >= 4 is 34.0 Å². The van der Waals surface area contributed by atoms with Gasteiger partial charge in [0.15, 0.2) is 11.5 Å². The van der Waals surface area contributed by atoms with Crippen LogP contribution in [-0.2, 0) is 0 Å². The van der Waals surface area contributed by atoms with Gasteiger partial charge in [0.2, 0.25) is 5.75 Å². The molecular weight excluding hydrogens is 392 g/mol. The molecule has 1 aliphatic rings. The van der Waals surface area contributed by atoms with Crippen LogP contribution in [0.4, 0.5) is 11.5 Å². The van der Waals surface area contributed by atoms with Crippen LogP contribution in [0.1, 0.15) is 0 Å². The van der Waals surface area contributed by atoms with Crippen molar-refractivity contribution in [3.63, 3.8) is 0 Å². The Balaban J connectivity index is 1.65. The topological polar surface area (TPSA) is 60.0 Å². The molecule has 0 saturated carbocycles. The number of fused-ring (bicyclic) bond motifs is 1. The first-order chi connectivity index (χ1) is 14.2. The summed E-state index contributed by atoms with van der Waals surface area (Å²) in [5, 5.41) is 1.63. The molecule has 1 aromatic heterocycles. The van der Waals surface area contributed by atoms with E-state index in [0.717, 1.165) is 42.4 Å². The van der Waals surface area contributed by atoms with Crippen LogP contribution in [0.2, 0.25) is 5.02 Å². The summed E-state index contributed by atoms with van der Waals surface area (Å²) in [6.07, 6.45) is 1.57. The van der Waals surface area contributed by atoms with Crippen LogP contribution >= 0.6 is 11.6 Å². The molecule has 1 fully saturated rings. The minimum Gasteiger partial charge on any atom is -0.493 e. The highest BCUT2D eigenvalue weighted by Crippen LogP contribution is 2.44. The first-order valence-corrected chi connectivity index (χ1v) is 9.73. The molecule has 8 heteroatoms. The van der Waals surface area contributed by atoms with E-state index in [1.54, 1.807) is 27.7 Å². The van der Waals surface area contributed by atoms with E-state index in [1.807, 2.05) is 18.2 Å². The van der Waals surface area contributed by atoms with Crippen LogP contribution in [0, 0.1) is 0 Å². The van der Waals surface area contributed by atoms with Gasteiger partial charge in [0.25, 0.3) is 0 Å². The number of anilines is 2. The molecule has 0 N–H and O–H groups in total. The van der Waals surface area contributed by atoms with E-state index in [9.17, 15) is 0 Å². The fraction of sp³-hybridized carbons (Fsp3) is 0.333. The van der Waals surface area contributed by atoms with Crippen molar-refractivity contribution in [1.29, 1.82) is 0 Å². The highest BCUT2D eigenvalue weighted by atomic mass is 35.5. The Morgan fingerprint density at radius 3 is 2.10 bits per heavy atom. The van der Waals surface area contributed by atoms with Crippen LogP contribution in [-0.4, -0.2) is 57.5 Å². The Bertz CT molecular complexity index is 1000. The van der Waals surface area contributed by atoms with Gasteiger partial charge in [0.1, 0.15) is 17.7 Å². The highest BCUT2D eigenvalue weighted by molar-refractivity contribution is 6.30. The first kappa shape index (κ1) is 19.4. The molecule has 29 heavy (non-hydrogen) atoms. The first-order valence-electron chi connectivity index (χ1n) is 9.35. The Labute approximate surface area is 174 Å². The second-order valence-corrected chi connectivity index (χ2v) is 7.13. The quantitative estimate of drug-likeness (QED) is 0.631. The average molecular weight is 415 g/mol. The zero-order valence-corrected chi connectivity index (χ0v) is 17.4. The smallest absolute Gasteiger partial charge is 0.205 e. The van der Waals surface area contributed by atoms with Gasteiger partial charge >= 0.3 is 0 Å². The molecule has 7 nitrogen and oxygen atoms in total. The summed E-state index contributed by atoms with van der Waals surface area (Å²) in [5.41, 5.74) is 1.88. The second-order valence-electron chi connectivity index (χ2n) is 6.69. The Morgan fingerprint density at radius 1 is 0.828 bits per heavy atom. The molecule has 152 valence electrons. The summed E-state index contributed by atoms with van der Waals surface area (Å²) in [7, 11) is 4.80. The van der Waals surface area contributed by atoms with Crippen molar-refractivity contribution in [3.05, 3.63) is 41.7 Å². The minimum atomic E-state index is 0.528. The number of piperazine rings is 1. The SMILES string of the molecule is COc1cc2c(N3CCN(c4ccc(Cl)cc4)CC3)ncnc2c(OC)c1OC. The summed E-state index contributed by atoms with van der Waals surface area (Å²) in [5.74, 6) is 2.53. The third kappa shape index (κ3) is 3.58. The standard InChI is InChI=1S/C21H23ClN4O3/c1-27-17-12-16-18(20(29-3)19(17)28-2)23-13-24-21(16)26-10-8-25(9-11-26)15-6-4-14(22)5-7-15/h4-7,12-13H,8-11H2,1-3H3. The summed E-state index contributed by atoms with van der Waals surface area (Å²) >= 11 is 6.01. The van der Waals surface area contributed by atoms with Crippen LogP contribution < -0.4 is 24.0 Å². The average Bonchev–Trinajstić information content (AvgIpc) is 2.77. The normalized spacial score (nSPS) is 14.2. The van der Waals surface area contributed by atoms with Gasteiger partial charge < -0.3 is 24.0 Å². The van der Waals surface area contributed by atoms with Gasteiger partial charge in [-0.25, -0.2) is 9.97 Å². The van der Waals surface area contributed by atoms with Crippen molar-refractivity contribution in [2.45, 2.75) is 0 Å². The largest absolute Gasteiger partial charge is 0.493 e. The van der Waals surface area contributed by atoms with Gasteiger partial charge in [-0.05, 0) is 30.3 Å². The number of benzene rings is 2.